The Kier molecular flexibility index (Phi) is 4.77. The van der Waals surface area contributed by atoms with Crippen molar-refractivity contribution in [3.05, 3.63) is 29.2 Å². The third kappa shape index (κ3) is 3.46. The molecule has 0 bridgehead atoms. The first-order chi connectivity index (χ1) is 13.6. The predicted octanol–water partition coefficient (Wildman–Crippen LogP) is 0.532. The van der Waals surface area contributed by atoms with E-state index in [2.05, 4.69) is 20.0 Å². The molecular formula is C18H26N6O4S. The van der Waals surface area contributed by atoms with Crippen LogP contribution in [0, 0.1) is 19.8 Å². The molecule has 1 unspecified atom stereocenters. The maximum Gasteiger partial charge on any atom is 0.257 e. The molecule has 158 valence electrons. The van der Waals surface area contributed by atoms with Crippen LogP contribution < -0.4 is 4.72 Å². The third-order valence-electron chi connectivity index (χ3n) is 6.09. The summed E-state index contributed by atoms with van der Waals surface area (Å²) in [6.07, 6.45) is 2.87. The van der Waals surface area contributed by atoms with Gasteiger partial charge in [-0.2, -0.15) is 10.1 Å². The lowest BCUT2D eigenvalue weighted by atomic mass is 9.80. The van der Waals surface area contributed by atoms with Crippen molar-refractivity contribution >= 4 is 15.9 Å². The molecule has 1 N–H and O–H groups in total. The number of likely N-dealkylation sites (tertiary alicyclic amines) is 1. The Labute approximate surface area is 169 Å². The molecule has 2 aromatic heterocycles. The lowest BCUT2D eigenvalue weighted by Crippen LogP contribution is -2.40. The molecule has 0 spiro atoms. The van der Waals surface area contributed by atoms with Gasteiger partial charge in [-0.1, -0.05) is 5.16 Å². The first-order valence-electron chi connectivity index (χ1n) is 9.74. The van der Waals surface area contributed by atoms with Gasteiger partial charge in [-0.3, -0.25) is 9.48 Å². The summed E-state index contributed by atoms with van der Waals surface area (Å²) in [5.41, 5.74) is 0.715. The molecule has 0 radical (unpaired) electrons. The summed E-state index contributed by atoms with van der Waals surface area (Å²) >= 11 is 0. The number of rotatable bonds is 5. The summed E-state index contributed by atoms with van der Waals surface area (Å²) in [4.78, 5) is 19.4. The number of hydrogen-bond acceptors (Lipinski definition) is 7. The van der Waals surface area contributed by atoms with Crippen LogP contribution >= 0.6 is 0 Å². The van der Waals surface area contributed by atoms with Crippen molar-refractivity contribution in [2.24, 2.45) is 13.0 Å². The van der Waals surface area contributed by atoms with Crippen LogP contribution in [-0.4, -0.2) is 64.0 Å². The molecule has 1 amide bonds. The standard InChI is InChI=1S/C18H26N6O4S/c1-5-29(26,27)22-14-6-13-8-24(16(25)15-9-23(4)20-11(15)2)10-18(13,7-14)17-19-12(3)21-28-17/h9,13-14,22H,5-8,10H2,1-4H3/t13?,14-,18+/m1/s1. The van der Waals surface area contributed by atoms with Gasteiger partial charge < -0.3 is 9.42 Å². The average Bonchev–Trinajstić information content (AvgIpc) is 3.37. The zero-order chi connectivity index (χ0) is 21.0. The van der Waals surface area contributed by atoms with Gasteiger partial charge in [-0.25, -0.2) is 13.1 Å². The SMILES string of the molecule is CCS(=O)(=O)N[C@@H]1CC2CN(C(=O)c3cn(C)nc3C)C[C@@]2(c2nc(C)no2)C1. The number of aromatic nitrogens is 4. The number of aryl methyl sites for hydroxylation is 3. The van der Waals surface area contributed by atoms with Gasteiger partial charge in [-0.15, -0.1) is 0 Å². The highest BCUT2D eigenvalue weighted by molar-refractivity contribution is 7.89. The molecule has 4 rings (SSSR count). The van der Waals surface area contributed by atoms with Gasteiger partial charge in [0.15, 0.2) is 5.82 Å². The second kappa shape index (κ2) is 6.91. The minimum atomic E-state index is -3.32. The Hall–Kier alpha value is -2.27. The van der Waals surface area contributed by atoms with Gasteiger partial charge in [0.2, 0.25) is 15.9 Å². The summed E-state index contributed by atoms with van der Waals surface area (Å²) in [6, 6.07) is -0.213. The largest absolute Gasteiger partial charge is 0.339 e. The van der Waals surface area contributed by atoms with Crippen molar-refractivity contribution in [3.8, 4) is 0 Å². The van der Waals surface area contributed by atoms with Crippen molar-refractivity contribution in [2.75, 3.05) is 18.8 Å². The Morgan fingerprint density at radius 3 is 2.76 bits per heavy atom. The highest BCUT2D eigenvalue weighted by Crippen LogP contribution is 2.50. The van der Waals surface area contributed by atoms with E-state index < -0.39 is 15.4 Å². The lowest BCUT2D eigenvalue weighted by Gasteiger charge is -2.25. The monoisotopic (exact) mass is 422 g/mol. The van der Waals surface area contributed by atoms with E-state index in [9.17, 15) is 13.2 Å². The minimum Gasteiger partial charge on any atom is -0.339 e. The van der Waals surface area contributed by atoms with Crippen LogP contribution in [0.25, 0.3) is 0 Å². The van der Waals surface area contributed by atoms with Gasteiger partial charge in [0.05, 0.1) is 22.4 Å². The number of nitrogens with zero attached hydrogens (tertiary/aromatic N) is 5. The van der Waals surface area contributed by atoms with E-state index in [4.69, 9.17) is 4.52 Å². The number of fused-ring (bicyclic) bond motifs is 1. The molecule has 2 aromatic rings. The lowest BCUT2D eigenvalue weighted by molar-refractivity contribution is 0.0772. The Balaban J connectivity index is 1.63. The van der Waals surface area contributed by atoms with Crippen LogP contribution in [0.4, 0.5) is 0 Å². The second-order valence-corrected chi connectivity index (χ2v) is 10.2. The zero-order valence-electron chi connectivity index (χ0n) is 17.0. The fourth-order valence-corrected chi connectivity index (χ4v) is 5.62. The number of sulfonamides is 1. The van der Waals surface area contributed by atoms with Crippen LogP contribution in [-0.2, 0) is 22.5 Å². The topological polar surface area (TPSA) is 123 Å². The van der Waals surface area contributed by atoms with Crippen LogP contribution in [0.3, 0.4) is 0 Å². The highest BCUT2D eigenvalue weighted by atomic mass is 32.2. The van der Waals surface area contributed by atoms with E-state index in [1.54, 1.807) is 36.7 Å². The normalized spacial score (nSPS) is 26.8. The molecule has 1 aliphatic carbocycles. The smallest absolute Gasteiger partial charge is 0.257 e. The van der Waals surface area contributed by atoms with Gasteiger partial charge in [0.1, 0.15) is 0 Å². The summed E-state index contributed by atoms with van der Waals surface area (Å²) in [5, 5.41) is 8.20. The summed E-state index contributed by atoms with van der Waals surface area (Å²) in [5.74, 6) is 1.00. The van der Waals surface area contributed by atoms with E-state index in [-0.39, 0.29) is 23.6 Å². The molecule has 1 saturated carbocycles. The van der Waals surface area contributed by atoms with Gasteiger partial charge >= 0.3 is 0 Å². The van der Waals surface area contributed by atoms with Crippen molar-refractivity contribution in [3.63, 3.8) is 0 Å². The number of hydrogen-bond donors (Lipinski definition) is 1. The van der Waals surface area contributed by atoms with Crippen LogP contribution in [0.1, 0.15) is 47.5 Å². The van der Waals surface area contributed by atoms with Crippen molar-refractivity contribution in [1.29, 1.82) is 0 Å². The molecule has 3 atom stereocenters. The van der Waals surface area contributed by atoms with E-state index >= 15 is 0 Å². The fraction of sp³-hybridized carbons (Fsp3) is 0.667. The van der Waals surface area contributed by atoms with E-state index in [0.29, 0.717) is 48.9 Å². The molecule has 0 aromatic carbocycles. The fourth-order valence-electron chi connectivity index (χ4n) is 4.76. The van der Waals surface area contributed by atoms with E-state index in [0.717, 1.165) is 0 Å². The maximum atomic E-state index is 13.1. The summed E-state index contributed by atoms with van der Waals surface area (Å²) in [6.45, 7) is 6.11. The molecule has 3 heterocycles. The molecule has 1 aliphatic heterocycles. The third-order valence-corrected chi connectivity index (χ3v) is 7.54. The van der Waals surface area contributed by atoms with Gasteiger partial charge in [-0.05, 0) is 39.5 Å². The molecule has 29 heavy (non-hydrogen) atoms. The Morgan fingerprint density at radius 1 is 1.41 bits per heavy atom. The Bertz CT molecular complexity index is 1040. The number of nitrogens with one attached hydrogen (secondary N) is 1. The molecule has 10 nitrogen and oxygen atoms in total. The van der Waals surface area contributed by atoms with Crippen LogP contribution in [0.2, 0.25) is 0 Å². The van der Waals surface area contributed by atoms with Crippen molar-refractivity contribution in [1.82, 2.24) is 29.5 Å². The zero-order valence-corrected chi connectivity index (χ0v) is 17.9. The van der Waals surface area contributed by atoms with Crippen LogP contribution in [0.5, 0.6) is 0 Å². The number of amides is 1. The summed E-state index contributed by atoms with van der Waals surface area (Å²) in [7, 11) is -1.53. The minimum absolute atomic E-state index is 0.0335. The highest BCUT2D eigenvalue weighted by Gasteiger charge is 2.58. The first kappa shape index (κ1) is 20.0. The predicted molar refractivity (Wildman–Crippen MR) is 104 cm³/mol. The van der Waals surface area contributed by atoms with E-state index in [1.165, 1.54) is 0 Å². The molecular weight excluding hydrogens is 396 g/mol. The van der Waals surface area contributed by atoms with Crippen LogP contribution in [0.15, 0.2) is 10.7 Å². The molecule has 2 fully saturated rings. The molecule has 2 aliphatic rings. The second-order valence-electron chi connectivity index (χ2n) is 8.15. The molecule has 1 saturated heterocycles. The maximum absolute atomic E-state index is 13.1. The Morgan fingerprint density at radius 2 is 2.17 bits per heavy atom. The van der Waals surface area contributed by atoms with Crippen molar-refractivity contribution in [2.45, 2.75) is 45.1 Å². The van der Waals surface area contributed by atoms with Gasteiger partial charge in [0, 0.05) is 32.4 Å². The first-order valence-corrected chi connectivity index (χ1v) is 11.4. The number of carbonyl (C=O) groups excluding carboxylic acids is 1. The van der Waals surface area contributed by atoms with Crippen molar-refractivity contribution < 1.29 is 17.7 Å². The quantitative estimate of drug-likeness (QED) is 0.745. The number of carbonyl (C=O) groups is 1. The summed E-state index contributed by atoms with van der Waals surface area (Å²) < 4.78 is 34.1. The molecule has 11 heteroatoms. The van der Waals surface area contributed by atoms with E-state index in [1.807, 2.05) is 6.92 Å². The average molecular weight is 423 g/mol. The van der Waals surface area contributed by atoms with Gasteiger partial charge in [0.25, 0.3) is 5.91 Å².